The second-order valence-electron chi connectivity index (χ2n) is 7.88. The zero-order chi connectivity index (χ0) is 22.5. The molecule has 0 aliphatic heterocycles. The number of nitrogens with two attached hydrogens (primary N) is 2. The van der Waals surface area contributed by atoms with Crippen LogP contribution in [-0.4, -0.2) is 31.9 Å². The number of rotatable bonds is 3. The molecule has 2 heterocycles. The molecule has 2 aromatic heterocycles. The molecule has 1 aliphatic carbocycles. The molecule has 4 rings (SSSR count). The fourth-order valence-corrected chi connectivity index (χ4v) is 4.03. The van der Waals surface area contributed by atoms with Crippen LogP contribution in [0.4, 0.5) is 13.2 Å². The van der Waals surface area contributed by atoms with Crippen LogP contribution < -0.4 is 11.6 Å². The number of phenols is 1. The molecular formula is C21H23F3N6O. The first kappa shape index (κ1) is 21.0. The summed E-state index contributed by atoms with van der Waals surface area (Å²) in [6.45, 7) is 1.51. The van der Waals surface area contributed by atoms with Crippen molar-refractivity contribution in [1.29, 1.82) is 0 Å². The number of fused-ring (bicyclic) bond motifs is 1. The Labute approximate surface area is 176 Å². The monoisotopic (exact) mass is 432 g/mol. The number of halogens is 3. The first-order chi connectivity index (χ1) is 14.5. The lowest BCUT2D eigenvalue weighted by Crippen LogP contribution is -2.32. The van der Waals surface area contributed by atoms with Gasteiger partial charge in [-0.1, -0.05) is 0 Å². The summed E-state index contributed by atoms with van der Waals surface area (Å²) >= 11 is 0. The Morgan fingerprint density at radius 2 is 2.00 bits per heavy atom. The van der Waals surface area contributed by atoms with Crippen LogP contribution in [-0.2, 0) is 6.18 Å². The lowest BCUT2D eigenvalue weighted by atomic mass is 9.96. The molecule has 1 aromatic carbocycles. The molecule has 164 valence electrons. The molecule has 0 spiro atoms. The topological polar surface area (TPSA) is 106 Å². The molecule has 31 heavy (non-hydrogen) atoms. The van der Waals surface area contributed by atoms with Gasteiger partial charge in [-0.15, -0.1) is 0 Å². The van der Waals surface area contributed by atoms with Crippen LogP contribution in [0.15, 0.2) is 41.9 Å². The molecule has 5 N–H and O–H groups in total. The van der Waals surface area contributed by atoms with E-state index in [2.05, 4.69) is 10.1 Å². The van der Waals surface area contributed by atoms with Gasteiger partial charge in [-0.3, -0.25) is 4.68 Å². The maximum absolute atomic E-state index is 13.0. The van der Waals surface area contributed by atoms with Crippen molar-refractivity contribution >= 4 is 11.0 Å². The minimum atomic E-state index is -4.54. The van der Waals surface area contributed by atoms with Gasteiger partial charge in [0.25, 0.3) is 0 Å². The zero-order valence-electron chi connectivity index (χ0n) is 17.1. The average molecular weight is 432 g/mol. The smallest absolute Gasteiger partial charge is 0.416 e. The number of hydrazine groups is 1. The predicted molar refractivity (Wildman–Crippen MR) is 110 cm³/mol. The number of phenolic OH excluding ortho intramolecular Hbond substituents is 1. The molecule has 10 heteroatoms. The van der Waals surface area contributed by atoms with Gasteiger partial charge in [0, 0.05) is 42.0 Å². The third-order valence-corrected chi connectivity index (χ3v) is 5.63. The van der Waals surface area contributed by atoms with E-state index in [-0.39, 0.29) is 17.2 Å². The molecule has 1 unspecified atom stereocenters. The van der Waals surface area contributed by atoms with Crippen molar-refractivity contribution in [1.82, 2.24) is 19.8 Å². The Morgan fingerprint density at radius 3 is 2.65 bits per heavy atom. The number of hydrogen-bond donors (Lipinski definition) is 3. The summed E-state index contributed by atoms with van der Waals surface area (Å²) in [5.74, 6) is 5.41. The minimum Gasteiger partial charge on any atom is -0.507 e. The van der Waals surface area contributed by atoms with Crippen molar-refractivity contribution in [2.75, 3.05) is 7.05 Å². The highest BCUT2D eigenvalue weighted by atomic mass is 19.4. The summed E-state index contributed by atoms with van der Waals surface area (Å²) < 4.78 is 40.9. The molecule has 7 nitrogen and oxygen atoms in total. The van der Waals surface area contributed by atoms with Gasteiger partial charge < -0.3 is 15.8 Å². The van der Waals surface area contributed by atoms with Crippen LogP contribution in [0.3, 0.4) is 0 Å². The van der Waals surface area contributed by atoms with Crippen LogP contribution in [0, 0.1) is 6.92 Å². The number of benzene rings is 1. The van der Waals surface area contributed by atoms with E-state index < -0.39 is 17.5 Å². The summed E-state index contributed by atoms with van der Waals surface area (Å²) in [4.78, 5) is 4.50. The van der Waals surface area contributed by atoms with Gasteiger partial charge in [-0.2, -0.15) is 18.3 Å². The third-order valence-electron chi connectivity index (χ3n) is 5.63. The second-order valence-corrected chi connectivity index (χ2v) is 7.88. The number of aryl methyl sites for hydroxylation is 1. The number of allylic oxidation sites excluding steroid dienone is 2. The fourth-order valence-electron chi connectivity index (χ4n) is 4.03. The van der Waals surface area contributed by atoms with Crippen molar-refractivity contribution in [2.45, 2.75) is 38.4 Å². The van der Waals surface area contributed by atoms with Crippen molar-refractivity contribution in [3.05, 3.63) is 53.0 Å². The van der Waals surface area contributed by atoms with E-state index in [1.165, 1.54) is 11.9 Å². The fraction of sp³-hybridized carbons (Fsp3) is 0.333. The Kier molecular flexibility index (Phi) is 5.04. The number of aromatic hydroxyl groups is 1. The van der Waals surface area contributed by atoms with Crippen molar-refractivity contribution in [2.24, 2.45) is 11.6 Å². The number of aromatic nitrogens is 3. The van der Waals surface area contributed by atoms with Crippen LogP contribution in [0.25, 0.3) is 22.3 Å². The molecule has 3 aromatic rings. The molecule has 0 saturated heterocycles. The minimum absolute atomic E-state index is 0.0622. The zero-order valence-corrected chi connectivity index (χ0v) is 17.1. The molecular weight excluding hydrogens is 409 g/mol. The molecule has 0 fully saturated rings. The van der Waals surface area contributed by atoms with Gasteiger partial charge in [0.1, 0.15) is 5.75 Å². The van der Waals surface area contributed by atoms with E-state index in [1.54, 1.807) is 19.2 Å². The largest absolute Gasteiger partial charge is 0.507 e. The van der Waals surface area contributed by atoms with Crippen LogP contribution in [0.5, 0.6) is 5.75 Å². The van der Waals surface area contributed by atoms with E-state index >= 15 is 0 Å². The molecule has 0 amide bonds. The van der Waals surface area contributed by atoms with Gasteiger partial charge in [0.05, 0.1) is 17.3 Å². The van der Waals surface area contributed by atoms with Crippen molar-refractivity contribution < 1.29 is 18.3 Å². The highest BCUT2D eigenvalue weighted by molar-refractivity contribution is 5.80. The summed E-state index contributed by atoms with van der Waals surface area (Å²) in [6, 6.07) is 5.24. The van der Waals surface area contributed by atoms with Crippen molar-refractivity contribution in [3.63, 3.8) is 0 Å². The third kappa shape index (κ3) is 3.90. The molecule has 0 radical (unpaired) electrons. The highest BCUT2D eigenvalue weighted by Gasteiger charge is 2.32. The maximum atomic E-state index is 13.0. The van der Waals surface area contributed by atoms with E-state index in [1.807, 2.05) is 10.9 Å². The molecule has 1 aliphatic rings. The SMILES string of the molecule is Cc1cc(C(F)(F)F)cc(O)c1-c1ccc2cn(C3CCC(N)=C(N(C)N)C3)nc2n1. The van der Waals surface area contributed by atoms with Gasteiger partial charge in [-0.05, 0) is 49.6 Å². The Morgan fingerprint density at radius 1 is 1.26 bits per heavy atom. The first-order valence-corrected chi connectivity index (χ1v) is 9.77. The van der Waals surface area contributed by atoms with Crippen molar-refractivity contribution in [3.8, 4) is 17.0 Å². The summed E-state index contributed by atoms with van der Waals surface area (Å²) in [7, 11) is 1.75. The van der Waals surface area contributed by atoms with Gasteiger partial charge in [-0.25, -0.2) is 10.8 Å². The van der Waals surface area contributed by atoms with Crippen LogP contribution >= 0.6 is 0 Å². The summed E-state index contributed by atoms with van der Waals surface area (Å²) in [5.41, 5.74) is 8.14. The normalized spacial score (nSPS) is 17.4. The lowest BCUT2D eigenvalue weighted by molar-refractivity contribution is -0.137. The van der Waals surface area contributed by atoms with Gasteiger partial charge >= 0.3 is 6.18 Å². The Balaban J connectivity index is 1.70. The molecule has 1 atom stereocenters. The van der Waals surface area contributed by atoms with E-state index in [0.717, 1.165) is 35.3 Å². The second kappa shape index (κ2) is 7.45. The predicted octanol–water partition coefficient (Wildman–Crippen LogP) is 3.83. The summed E-state index contributed by atoms with van der Waals surface area (Å²) in [5, 5.41) is 17.2. The number of hydrogen-bond acceptors (Lipinski definition) is 6. The lowest BCUT2D eigenvalue weighted by Gasteiger charge is -2.29. The average Bonchev–Trinajstić information content (AvgIpc) is 3.10. The van der Waals surface area contributed by atoms with Gasteiger partial charge in [0.2, 0.25) is 0 Å². The van der Waals surface area contributed by atoms with E-state index in [4.69, 9.17) is 11.6 Å². The van der Waals surface area contributed by atoms with Crippen LogP contribution in [0.1, 0.15) is 36.4 Å². The molecule has 0 saturated carbocycles. The number of pyridine rings is 1. The highest BCUT2D eigenvalue weighted by Crippen LogP contribution is 2.39. The van der Waals surface area contributed by atoms with Gasteiger partial charge in [0.15, 0.2) is 5.65 Å². The van der Waals surface area contributed by atoms with Crippen LogP contribution in [0.2, 0.25) is 0 Å². The van der Waals surface area contributed by atoms with E-state index in [9.17, 15) is 18.3 Å². The van der Waals surface area contributed by atoms with E-state index in [0.29, 0.717) is 24.2 Å². The maximum Gasteiger partial charge on any atom is 0.416 e. The Hall–Kier alpha value is -3.27. The number of nitrogens with zero attached hydrogens (tertiary/aromatic N) is 4. The first-order valence-electron chi connectivity index (χ1n) is 9.77. The standard InChI is InChI=1S/C21H23F3N6O/c1-11-7-13(21(22,23)24)8-18(31)19(11)16-6-3-12-10-30(28-20(12)27-16)14-4-5-15(25)17(9-14)29(2)26/h3,6-8,10,14,31H,4-5,9,25-26H2,1-2H3. The number of alkyl halides is 3. The quantitative estimate of drug-likeness (QED) is 0.429. The summed E-state index contributed by atoms with van der Waals surface area (Å²) in [6.07, 6.45) is -0.506. The molecule has 0 bridgehead atoms. The Bertz CT molecular complexity index is 1160.